The number of ether oxygens (including phenoxy) is 1. The van der Waals surface area contributed by atoms with Gasteiger partial charge >= 0.3 is 25.0 Å². The fourth-order valence-corrected chi connectivity index (χ4v) is 3.97. The summed E-state index contributed by atoms with van der Waals surface area (Å²) in [5.41, 5.74) is 5.23. The van der Waals surface area contributed by atoms with Crippen molar-refractivity contribution in [3.63, 3.8) is 0 Å². The number of hydrogen-bond donors (Lipinski definition) is 5. The van der Waals surface area contributed by atoms with Crippen LogP contribution in [0.1, 0.15) is 12.8 Å². The van der Waals surface area contributed by atoms with Crippen molar-refractivity contribution in [2.45, 2.75) is 25.2 Å². The summed E-state index contributed by atoms with van der Waals surface area (Å²) in [5, 5.41) is 0. The molecule has 0 bridgehead atoms. The quantitative estimate of drug-likeness (QED) is 0.125. The van der Waals surface area contributed by atoms with Crippen LogP contribution in [0, 0.1) is 0 Å². The zero-order valence-electron chi connectivity index (χ0n) is 13.9. The molecule has 0 aliphatic carbocycles. The average Bonchev–Trinajstić information content (AvgIpc) is 3.00. The molecule has 0 aromatic rings. The number of phosphoric acid groups is 1. The van der Waals surface area contributed by atoms with E-state index < -0.39 is 49.0 Å². The molecule has 0 saturated carbocycles. The van der Waals surface area contributed by atoms with Crippen LogP contribution in [0.4, 0.5) is 4.39 Å². The number of nitrogens with two attached hydrogens (primary N) is 1. The molecular weight excluding hydrogens is 434 g/mol. The Balaban J connectivity index is 2.40. The molecule has 1 amide bonds. The van der Waals surface area contributed by atoms with Crippen LogP contribution >= 0.6 is 25.0 Å². The molecule has 0 aromatic heterocycles. The van der Waals surface area contributed by atoms with Crippen LogP contribution in [-0.4, -0.2) is 62.7 Å². The molecule has 0 radical (unpaired) electrons. The summed E-state index contributed by atoms with van der Waals surface area (Å²) in [6.07, 6.45) is 1.06. The van der Waals surface area contributed by atoms with Crippen LogP contribution in [0.3, 0.4) is 0 Å². The Morgan fingerprint density at radius 3 is 2.70 bits per heavy atom. The highest BCUT2D eigenvalue weighted by Crippen LogP contribution is 2.58. The molecule has 156 valence electrons. The first-order chi connectivity index (χ1) is 12.5. The Morgan fingerprint density at radius 1 is 1.44 bits per heavy atom. The minimum Gasteiger partial charge on any atom is -0.381 e. The number of carbonyl (C=O) groups excluding carboxylic acids is 1. The van der Waals surface area contributed by atoms with Gasteiger partial charge in [0.05, 0.1) is 12.7 Å². The zero-order valence-corrected chi connectivity index (χ0v) is 16.5. The topological polar surface area (TPSA) is 194 Å². The van der Waals surface area contributed by atoms with Crippen LogP contribution in [0.25, 0.3) is 0 Å². The summed E-state index contributed by atoms with van der Waals surface area (Å²) in [5.74, 6) is -1.49. The fourth-order valence-electron chi connectivity index (χ4n) is 1.89. The Kier molecular flexibility index (Phi) is 10.3. The molecule has 1 saturated heterocycles. The number of rotatable bonds is 11. The third-order valence-electron chi connectivity index (χ3n) is 2.98. The van der Waals surface area contributed by atoms with Crippen LogP contribution in [0.15, 0.2) is 17.0 Å². The van der Waals surface area contributed by atoms with Crippen LogP contribution in [-0.2, 0) is 27.2 Å². The summed E-state index contributed by atoms with van der Waals surface area (Å²) in [4.78, 5) is 50.1. The van der Waals surface area contributed by atoms with Crippen LogP contribution in [0.2, 0.25) is 0 Å². The van der Waals surface area contributed by atoms with E-state index in [4.69, 9.17) is 29.7 Å². The van der Waals surface area contributed by atoms with Crippen molar-refractivity contribution in [3.05, 3.63) is 12.0 Å². The van der Waals surface area contributed by atoms with E-state index in [-0.39, 0.29) is 13.0 Å². The number of hydrogen-bond acceptors (Lipinski definition) is 9. The van der Waals surface area contributed by atoms with Crippen LogP contribution in [0.5, 0.6) is 0 Å². The second-order valence-electron chi connectivity index (χ2n) is 4.98. The molecule has 1 aliphatic rings. The molecule has 4 atom stereocenters. The highest BCUT2D eigenvalue weighted by atomic mass is 31.3. The number of nitrogens with zero attached hydrogens (tertiary/aromatic N) is 2. The van der Waals surface area contributed by atoms with Gasteiger partial charge in [-0.2, -0.15) is 4.99 Å². The Hall–Kier alpha value is -0.620. The first kappa shape index (κ1) is 24.4. The Bertz CT molecular complexity index is 605. The van der Waals surface area contributed by atoms with Crippen molar-refractivity contribution in [3.8, 4) is 0 Å². The van der Waals surface area contributed by atoms with Gasteiger partial charge in [-0.15, -0.1) is 0 Å². The summed E-state index contributed by atoms with van der Waals surface area (Å²) < 4.78 is 42.8. The SMILES string of the molecule is CN(/C=C(F)\C(N)=N/C=O)C1CCC(COP(O)OP(O)OP(=O)(O)O)O1. The lowest BCUT2D eigenvalue weighted by Gasteiger charge is -2.23. The molecule has 13 nitrogen and oxygen atoms in total. The molecule has 0 spiro atoms. The smallest absolute Gasteiger partial charge is 0.381 e. The van der Waals surface area contributed by atoms with Gasteiger partial charge in [-0.25, -0.2) is 17.6 Å². The predicted octanol–water partition coefficient (Wildman–Crippen LogP) is 0.329. The van der Waals surface area contributed by atoms with E-state index in [1.807, 2.05) is 0 Å². The van der Waals surface area contributed by atoms with Crippen molar-refractivity contribution in [2.24, 2.45) is 10.7 Å². The zero-order chi connectivity index (χ0) is 20.6. The molecule has 6 N–H and O–H groups in total. The molecular formula is C10H19FN3O10P3. The largest absolute Gasteiger partial charge is 0.476 e. The van der Waals surface area contributed by atoms with Crippen molar-refractivity contribution < 1.29 is 51.2 Å². The first-order valence-electron chi connectivity index (χ1n) is 7.08. The van der Waals surface area contributed by atoms with Gasteiger partial charge in [0.25, 0.3) is 0 Å². The summed E-state index contributed by atoms with van der Waals surface area (Å²) in [7, 11) is -9.14. The lowest BCUT2D eigenvalue weighted by molar-refractivity contribution is -0.106. The third-order valence-corrected chi connectivity index (χ3v) is 5.88. The van der Waals surface area contributed by atoms with E-state index in [1.165, 1.54) is 11.9 Å². The maximum absolute atomic E-state index is 13.7. The molecule has 1 rings (SSSR count). The summed E-state index contributed by atoms with van der Waals surface area (Å²) in [6.45, 7) is -0.160. The first-order valence-corrected chi connectivity index (χ1v) is 10.9. The van der Waals surface area contributed by atoms with Gasteiger partial charge in [0.2, 0.25) is 6.41 Å². The van der Waals surface area contributed by atoms with E-state index in [0.717, 1.165) is 6.20 Å². The number of halogens is 1. The maximum Gasteiger partial charge on any atom is 0.476 e. The lowest BCUT2D eigenvalue weighted by atomic mass is 10.2. The van der Waals surface area contributed by atoms with Gasteiger partial charge in [0.15, 0.2) is 11.7 Å². The number of carbonyl (C=O) groups is 1. The fraction of sp³-hybridized carbons (Fsp3) is 0.600. The van der Waals surface area contributed by atoms with Gasteiger partial charge in [-0.1, -0.05) is 0 Å². The molecule has 1 aliphatic heterocycles. The monoisotopic (exact) mass is 453 g/mol. The standard InChI is InChI=1S/C10H19FN3O10P3/c1-14(4-8(11)10(12)13-6-15)9-3-2-7(22-9)5-21-25(16)23-26(17)24-27(18,19)20/h4,6-7,9,16-17H,2-3,5H2,1H3,(H2,12,13,15)(H2,18,19,20)/b8-4+. The second kappa shape index (κ2) is 11.4. The van der Waals surface area contributed by atoms with Crippen molar-refractivity contribution in [1.29, 1.82) is 0 Å². The van der Waals surface area contributed by atoms with E-state index in [0.29, 0.717) is 12.8 Å². The van der Waals surface area contributed by atoms with Crippen molar-refractivity contribution in [2.75, 3.05) is 13.7 Å². The minimum absolute atomic E-state index is 0.112. The summed E-state index contributed by atoms with van der Waals surface area (Å²) in [6, 6.07) is 0. The Labute approximate surface area is 155 Å². The van der Waals surface area contributed by atoms with Crippen LogP contribution < -0.4 is 5.73 Å². The minimum atomic E-state index is -4.97. The molecule has 1 heterocycles. The molecule has 17 heteroatoms. The van der Waals surface area contributed by atoms with Crippen molar-refractivity contribution in [1.82, 2.24) is 4.90 Å². The lowest BCUT2D eigenvalue weighted by Crippen LogP contribution is -2.29. The van der Waals surface area contributed by atoms with E-state index in [9.17, 15) is 18.6 Å². The number of amidine groups is 1. The van der Waals surface area contributed by atoms with Gasteiger partial charge in [0.1, 0.15) is 6.23 Å². The van der Waals surface area contributed by atoms with Gasteiger partial charge in [-0.3, -0.25) is 4.79 Å². The van der Waals surface area contributed by atoms with Gasteiger partial charge < -0.3 is 39.5 Å². The number of aliphatic imine (C=N–C) groups is 1. The van der Waals surface area contributed by atoms with E-state index >= 15 is 0 Å². The normalized spacial score (nSPS) is 23.9. The molecule has 0 aromatic carbocycles. The molecule has 4 unspecified atom stereocenters. The average molecular weight is 453 g/mol. The predicted molar refractivity (Wildman–Crippen MR) is 91.0 cm³/mol. The van der Waals surface area contributed by atoms with Gasteiger partial charge in [-0.05, 0) is 12.8 Å². The highest BCUT2D eigenvalue weighted by Gasteiger charge is 2.30. The van der Waals surface area contributed by atoms with E-state index in [1.54, 1.807) is 0 Å². The van der Waals surface area contributed by atoms with Crippen molar-refractivity contribution >= 4 is 37.3 Å². The maximum atomic E-state index is 13.7. The number of amides is 1. The molecule has 1 fully saturated rings. The Morgan fingerprint density at radius 2 is 2.11 bits per heavy atom. The summed E-state index contributed by atoms with van der Waals surface area (Å²) >= 11 is 0. The van der Waals surface area contributed by atoms with E-state index in [2.05, 4.69) is 13.6 Å². The third kappa shape index (κ3) is 9.93. The highest BCUT2D eigenvalue weighted by molar-refractivity contribution is 7.62. The van der Waals surface area contributed by atoms with Gasteiger partial charge in [0, 0.05) is 13.2 Å². The molecule has 27 heavy (non-hydrogen) atoms. The second-order valence-corrected chi connectivity index (χ2v) is 8.47.